The molecule has 21 heavy (non-hydrogen) atoms. The highest BCUT2D eigenvalue weighted by Crippen LogP contribution is 2.16. The first-order valence-electron chi connectivity index (χ1n) is 6.28. The molecule has 7 heteroatoms. The van der Waals surface area contributed by atoms with E-state index >= 15 is 0 Å². The molecule has 5 nitrogen and oxygen atoms in total. The van der Waals surface area contributed by atoms with Crippen molar-refractivity contribution in [2.45, 2.75) is 20.1 Å². The zero-order chi connectivity index (χ0) is 15.4. The third-order valence-electron chi connectivity index (χ3n) is 3.10. The van der Waals surface area contributed by atoms with E-state index in [9.17, 15) is 13.6 Å². The minimum atomic E-state index is -2.92. The third-order valence-corrected chi connectivity index (χ3v) is 3.10. The van der Waals surface area contributed by atoms with Crippen LogP contribution in [-0.2, 0) is 13.6 Å². The molecule has 1 amide bonds. The second-order valence-corrected chi connectivity index (χ2v) is 4.47. The number of hydrogen-bond donors (Lipinski definition) is 1. The molecule has 0 atom stereocenters. The van der Waals surface area contributed by atoms with Crippen LogP contribution in [0, 0.1) is 6.92 Å². The molecule has 0 fully saturated rings. The Morgan fingerprint density at radius 1 is 1.48 bits per heavy atom. The van der Waals surface area contributed by atoms with Gasteiger partial charge >= 0.3 is 6.61 Å². The molecule has 0 aliphatic rings. The van der Waals surface area contributed by atoms with Gasteiger partial charge in [-0.15, -0.1) is 0 Å². The fourth-order valence-electron chi connectivity index (χ4n) is 1.81. The van der Waals surface area contributed by atoms with E-state index in [1.807, 2.05) is 14.0 Å². The number of rotatable bonds is 5. The topological polar surface area (TPSA) is 56.1 Å². The quantitative estimate of drug-likeness (QED) is 0.920. The van der Waals surface area contributed by atoms with Gasteiger partial charge in [-0.05, 0) is 25.1 Å². The van der Waals surface area contributed by atoms with E-state index in [1.165, 1.54) is 24.3 Å². The number of nitrogens with one attached hydrogen (secondary N) is 1. The lowest BCUT2D eigenvalue weighted by Crippen LogP contribution is -2.23. The SMILES string of the molecule is Cc1c(CNC(=O)c2cccc(OC(F)F)c2)cnn1C. The number of amides is 1. The van der Waals surface area contributed by atoms with Crippen LogP contribution in [0.25, 0.3) is 0 Å². The average molecular weight is 295 g/mol. The molecule has 0 spiro atoms. The van der Waals surface area contributed by atoms with Crippen molar-refractivity contribution < 1.29 is 18.3 Å². The van der Waals surface area contributed by atoms with Crippen molar-refractivity contribution in [1.29, 1.82) is 0 Å². The summed E-state index contributed by atoms with van der Waals surface area (Å²) in [5, 5.41) is 6.79. The van der Waals surface area contributed by atoms with Gasteiger partial charge < -0.3 is 10.1 Å². The molecule has 0 saturated heterocycles. The molecule has 0 radical (unpaired) electrons. The summed E-state index contributed by atoms with van der Waals surface area (Å²) >= 11 is 0. The molecule has 0 aliphatic carbocycles. The van der Waals surface area contributed by atoms with Gasteiger partial charge in [0.2, 0.25) is 0 Å². The van der Waals surface area contributed by atoms with Crippen molar-refractivity contribution in [2.24, 2.45) is 7.05 Å². The predicted octanol–water partition coefficient (Wildman–Crippen LogP) is 2.26. The van der Waals surface area contributed by atoms with Crippen molar-refractivity contribution >= 4 is 5.91 Å². The summed E-state index contributed by atoms with van der Waals surface area (Å²) in [6.07, 6.45) is 1.67. The Morgan fingerprint density at radius 3 is 2.86 bits per heavy atom. The lowest BCUT2D eigenvalue weighted by Gasteiger charge is -2.08. The van der Waals surface area contributed by atoms with E-state index in [4.69, 9.17) is 0 Å². The maximum Gasteiger partial charge on any atom is 0.387 e. The van der Waals surface area contributed by atoms with Gasteiger partial charge in [-0.1, -0.05) is 6.07 Å². The molecule has 1 heterocycles. The summed E-state index contributed by atoms with van der Waals surface area (Å²) in [4.78, 5) is 12.0. The third kappa shape index (κ3) is 3.77. The van der Waals surface area contributed by atoms with Gasteiger partial charge in [0.05, 0.1) is 6.20 Å². The number of ether oxygens (including phenoxy) is 1. The first-order valence-corrected chi connectivity index (χ1v) is 6.28. The van der Waals surface area contributed by atoms with Crippen LogP contribution in [0.5, 0.6) is 5.75 Å². The van der Waals surface area contributed by atoms with Crippen LogP contribution in [0.4, 0.5) is 8.78 Å². The summed E-state index contributed by atoms with van der Waals surface area (Å²) in [5.41, 5.74) is 2.10. The monoisotopic (exact) mass is 295 g/mol. The Hall–Kier alpha value is -2.44. The fourth-order valence-corrected chi connectivity index (χ4v) is 1.81. The Balaban J connectivity index is 2.01. The van der Waals surface area contributed by atoms with Crippen molar-refractivity contribution in [3.63, 3.8) is 0 Å². The summed E-state index contributed by atoms with van der Waals surface area (Å²) in [6, 6.07) is 5.66. The highest BCUT2D eigenvalue weighted by atomic mass is 19.3. The summed E-state index contributed by atoms with van der Waals surface area (Å²) < 4.78 is 30.2. The molecule has 2 aromatic rings. The number of carbonyl (C=O) groups excluding carboxylic acids is 1. The van der Waals surface area contributed by atoms with Gasteiger partial charge in [-0.3, -0.25) is 9.48 Å². The summed E-state index contributed by atoms with van der Waals surface area (Å²) in [5.74, 6) is -0.409. The van der Waals surface area contributed by atoms with Crippen LogP contribution < -0.4 is 10.1 Å². The molecule has 0 bridgehead atoms. The molecule has 0 aliphatic heterocycles. The number of benzene rings is 1. The van der Waals surface area contributed by atoms with Gasteiger partial charge in [-0.2, -0.15) is 13.9 Å². The molecule has 1 aromatic carbocycles. The first-order chi connectivity index (χ1) is 9.97. The van der Waals surface area contributed by atoms with Crippen LogP contribution in [0.3, 0.4) is 0 Å². The molecule has 112 valence electrons. The zero-order valence-corrected chi connectivity index (χ0v) is 11.6. The number of aromatic nitrogens is 2. The second kappa shape index (κ2) is 6.34. The van der Waals surface area contributed by atoms with Crippen molar-refractivity contribution in [3.05, 3.63) is 47.3 Å². The van der Waals surface area contributed by atoms with Gasteiger partial charge in [0.25, 0.3) is 5.91 Å². The minimum Gasteiger partial charge on any atom is -0.435 e. The average Bonchev–Trinajstić information content (AvgIpc) is 2.76. The lowest BCUT2D eigenvalue weighted by atomic mass is 10.2. The molecule has 0 saturated carbocycles. The van der Waals surface area contributed by atoms with E-state index in [1.54, 1.807) is 10.9 Å². The van der Waals surface area contributed by atoms with E-state index in [-0.39, 0.29) is 17.2 Å². The van der Waals surface area contributed by atoms with Gasteiger partial charge in [0.1, 0.15) is 5.75 Å². The van der Waals surface area contributed by atoms with Crippen LogP contribution in [-0.4, -0.2) is 22.3 Å². The van der Waals surface area contributed by atoms with E-state index in [2.05, 4.69) is 15.2 Å². The van der Waals surface area contributed by atoms with Gasteiger partial charge in [-0.25, -0.2) is 0 Å². The zero-order valence-electron chi connectivity index (χ0n) is 11.6. The fraction of sp³-hybridized carbons (Fsp3) is 0.286. The Labute approximate surface area is 120 Å². The maximum atomic E-state index is 12.1. The minimum absolute atomic E-state index is 0.0461. The highest BCUT2D eigenvalue weighted by molar-refractivity contribution is 5.94. The number of carbonyl (C=O) groups is 1. The Bertz CT molecular complexity index is 641. The van der Waals surface area contributed by atoms with Gasteiger partial charge in [0.15, 0.2) is 0 Å². The lowest BCUT2D eigenvalue weighted by molar-refractivity contribution is -0.0498. The van der Waals surface area contributed by atoms with Crippen LogP contribution in [0.15, 0.2) is 30.5 Å². The van der Waals surface area contributed by atoms with Crippen LogP contribution >= 0.6 is 0 Å². The molecular weight excluding hydrogens is 280 g/mol. The smallest absolute Gasteiger partial charge is 0.387 e. The second-order valence-electron chi connectivity index (χ2n) is 4.47. The summed E-state index contributed by atoms with van der Waals surface area (Å²) in [6.45, 7) is -0.703. The standard InChI is InChI=1S/C14H15F2N3O2/c1-9-11(8-18-19(9)2)7-17-13(20)10-4-3-5-12(6-10)21-14(15)16/h3-6,8,14H,7H2,1-2H3,(H,17,20). The predicted molar refractivity (Wildman–Crippen MR) is 72.2 cm³/mol. The number of halogens is 2. The highest BCUT2D eigenvalue weighted by Gasteiger charge is 2.10. The van der Waals surface area contributed by atoms with E-state index in [0.717, 1.165) is 11.3 Å². The molecule has 0 unspecified atom stereocenters. The molecular formula is C14H15F2N3O2. The normalized spacial score (nSPS) is 10.7. The van der Waals surface area contributed by atoms with Gasteiger partial charge in [0, 0.05) is 30.4 Å². The van der Waals surface area contributed by atoms with Crippen molar-refractivity contribution in [2.75, 3.05) is 0 Å². The van der Waals surface area contributed by atoms with Crippen molar-refractivity contribution in [1.82, 2.24) is 15.1 Å². The number of nitrogens with zero attached hydrogens (tertiary/aromatic N) is 2. The van der Waals surface area contributed by atoms with E-state index in [0.29, 0.717) is 6.54 Å². The Morgan fingerprint density at radius 2 is 2.24 bits per heavy atom. The first kappa shape index (κ1) is 15.0. The van der Waals surface area contributed by atoms with Crippen LogP contribution in [0.2, 0.25) is 0 Å². The summed E-state index contributed by atoms with van der Waals surface area (Å²) in [7, 11) is 1.81. The molecule has 2 rings (SSSR count). The molecule has 1 aromatic heterocycles. The Kier molecular flexibility index (Phi) is 4.52. The van der Waals surface area contributed by atoms with Crippen molar-refractivity contribution in [3.8, 4) is 5.75 Å². The van der Waals surface area contributed by atoms with Crippen LogP contribution in [0.1, 0.15) is 21.6 Å². The van der Waals surface area contributed by atoms with E-state index < -0.39 is 6.61 Å². The number of alkyl halides is 2. The number of aryl methyl sites for hydroxylation is 1. The maximum absolute atomic E-state index is 12.1. The number of hydrogen-bond acceptors (Lipinski definition) is 3. The largest absolute Gasteiger partial charge is 0.435 e. The molecule has 1 N–H and O–H groups in total.